The lowest BCUT2D eigenvalue weighted by Crippen LogP contribution is -2.43. The van der Waals surface area contributed by atoms with E-state index < -0.39 is 23.7 Å². The first-order valence-electron chi connectivity index (χ1n) is 8.33. The normalized spacial score (nSPS) is 26.1. The fourth-order valence-electron chi connectivity index (χ4n) is 3.17. The van der Waals surface area contributed by atoms with Crippen molar-refractivity contribution in [3.05, 3.63) is 65.7 Å². The first-order chi connectivity index (χ1) is 11.9. The first-order valence-corrected chi connectivity index (χ1v) is 8.33. The van der Waals surface area contributed by atoms with E-state index in [1.54, 1.807) is 7.05 Å². The number of likely N-dealkylation sites (tertiary alicyclic amines) is 1. The van der Waals surface area contributed by atoms with Gasteiger partial charge in [-0.25, -0.2) is 0 Å². The summed E-state index contributed by atoms with van der Waals surface area (Å²) in [5.41, 5.74) is 0.342. The quantitative estimate of drug-likeness (QED) is 0.869. The van der Waals surface area contributed by atoms with Gasteiger partial charge in [-0.2, -0.15) is 0 Å². The summed E-state index contributed by atoms with van der Waals surface area (Å²) < 4.78 is 5.76. The van der Waals surface area contributed by atoms with Gasteiger partial charge in [0.25, 0.3) is 5.91 Å². The van der Waals surface area contributed by atoms with Crippen molar-refractivity contribution < 1.29 is 19.7 Å². The molecule has 1 aliphatic heterocycles. The molecule has 1 heterocycles. The van der Waals surface area contributed by atoms with Crippen LogP contribution in [0.25, 0.3) is 0 Å². The van der Waals surface area contributed by atoms with Gasteiger partial charge in [0.1, 0.15) is 18.5 Å². The Morgan fingerprint density at radius 1 is 1.08 bits per heavy atom. The maximum absolute atomic E-state index is 12.0. The Kier molecular flexibility index (Phi) is 4.79. The van der Waals surface area contributed by atoms with Crippen molar-refractivity contribution >= 4 is 5.91 Å². The molecule has 1 saturated heterocycles. The molecule has 2 aromatic carbocycles. The highest BCUT2D eigenvalue weighted by Gasteiger charge is 2.53. The lowest BCUT2D eigenvalue weighted by Gasteiger charge is -2.23. The number of carbonyl (C=O) groups is 1. The number of rotatable bonds is 5. The molecular weight excluding hydrogens is 318 g/mol. The van der Waals surface area contributed by atoms with Gasteiger partial charge < -0.3 is 19.8 Å². The Balaban J connectivity index is 1.62. The van der Waals surface area contributed by atoms with Crippen molar-refractivity contribution in [1.29, 1.82) is 0 Å². The molecule has 0 unspecified atom stereocenters. The van der Waals surface area contributed by atoms with Crippen LogP contribution in [0.5, 0.6) is 5.75 Å². The molecule has 3 rings (SSSR count). The average Bonchev–Trinajstić information content (AvgIpc) is 2.77. The maximum Gasteiger partial charge on any atom is 0.257 e. The molecule has 0 saturated carbocycles. The molecular formula is C20H23NO4. The highest BCUT2D eigenvalue weighted by atomic mass is 16.5. The third-order valence-electron chi connectivity index (χ3n) is 4.81. The third-order valence-corrected chi connectivity index (χ3v) is 4.81. The van der Waals surface area contributed by atoms with Gasteiger partial charge in [0.2, 0.25) is 0 Å². The van der Waals surface area contributed by atoms with Crippen LogP contribution in [0.2, 0.25) is 0 Å². The van der Waals surface area contributed by atoms with Crippen molar-refractivity contribution in [1.82, 2.24) is 4.90 Å². The van der Waals surface area contributed by atoms with E-state index in [0.717, 1.165) is 16.9 Å². The number of amides is 1. The SMILES string of the molecule is CN1C(=O)[C@@](C)(O)[C@@H](O)[C@@H]1Cc1ccc(OCc2ccccc2)cc1. The summed E-state index contributed by atoms with van der Waals surface area (Å²) in [5.74, 6) is 0.309. The van der Waals surface area contributed by atoms with Gasteiger partial charge in [0, 0.05) is 7.05 Å². The molecule has 5 heteroatoms. The average molecular weight is 341 g/mol. The zero-order valence-electron chi connectivity index (χ0n) is 14.4. The topological polar surface area (TPSA) is 70.0 Å². The van der Waals surface area contributed by atoms with Crippen LogP contribution < -0.4 is 4.74 Å². The van der Waals surface area contributed by atoms with Gasteiger partial charge in [-0.1, -0.05) is 42.5 Å². The zero-order chi connectivity index (χ0) is 18.0. The Labute approximate surface area is 147 Å². The van der Waals surface area contributed by atoms with Crippen LogP contribution in [-0.2, 0) is 17.8 Å². The Morgan fingerprint density at radius 2 is 1.72 bits per heavy atom. The van der Waals surface area contributed by atoms with Crippen molar-refractivity contribution in [3.63, 3.8) is 0 Å². The third kappa shape index (κ3) is 3.52. The summed E-state index contributed by atoms with van der Waals surface area (Å²) in [6.07, 6.45) is -0.641. The fraction of sp³-hybridized carbons (Fsp3) is 0.350. The minimum atomic E-state index is -1.72. The van der Waals surface area contributed by atoms with Crippen LogP contribution in [-0.4, -0.2) is 45.8 Å². The van der Waals surface area contributed by atoms with Gasteiger partial charge >= 0.3 is 0 Å². The number of aliphatic hydroxyl groups is 2. The molecule has 1 fully saturated rings. The zero-order valence-corrected chi connectivity index (χ0v) is 14.4. The minimum Gasteiger partial charge on any atom is -0.489 e. The largest absolute Gasteiger partial charge is 0.489 e. The molecule has 2 N–H and O–H groups in total. The molecule has 1 aliphatic rings. The summed E-state index contributed by atoms with van der Waals surface area (Å²) in [6.45, 7) is 1.86. The van der Waals surface area contributed by atoms with Crippen LogP contribution in [0, 0.1) is 0 Å². The maximum atomic E-state index is 12.0. The number of hydrogen-bond donors (Lipinski definition) is 2. The second-order valence-corrected chi connectivity index (χ2v) is 6.70. The van der Waals surface area contributed by atoms with Crippen LogP contribution >= 0.6 is 0 Å². The number of ether oxygens (including phenoxy) is 1. The number of nitrogens with zero attached hydrogens (tertiary/aromatic N) is 1. The summed E-state index contributed by atoms with van der Waals surface area (Å²) in [6, 6.07) is 17.1. The van der Waals surface area contributed by atoms with E-state index in [-0.39, 0.29) is 0 Å². The van der Waals surface area contributed by atoms with Gasteiger partial charge in [-0.05, 0) is 36.6 Å². The van der Waals surface area contributed by atoms with Crippen molar-refractivity contribution in [2.45, 2.75) is 37.7 Å². The van der Waals surface area contributed by atoms with Crippen molar-refractivity contribution in [2.24, 2.45) is 0 Å². The van der Waals surface area contributed by atoms with Crippen molar-refractivity contribution in [2.75, 3.05) is 7.05 Å². The highest BCUT2D eigenvalue weighted by molar-refractivity contribution is 5.88. The molecule has 132 valence electrons. The van der Waals surface area contributed by atoms with Gasteiger partial charge in [0.15, 0.2) is 5.60 Å². The monoisotopic (exact) mass is 341 g/mol. The molecule has 5 nitrogen and oxygen atoms in total. The molecule has 1 amide bonds. The van der Waals surface area contributed by atoms with Gasteiger partial charge in [0.05, 0.1) is 6.04 Å². The van der Waals surface area contributed by atoms with E-state index in [1.807, 2.05) is 54.6 Å². The van der Waals surface area contributed by atoms with Crippen LogP contribution in [0.15, 0.2) is 54.6 Å². The Morgan fingerprint density at radius 3 is 2.28 bits per heavy atom. The van der Waals surface area contributed by atoms with E-state index in [9.17, 15) is 15.0 Å². The van der Waals surface area contributed by atoms with Gasteiger partial charge in [-0.15, -0.1) is 0 Å². The van der Waals surface area contributed by atoms with Crippen LogP contribution in [0.3, 0.4) is 0 Å². The Hall–Kier alpha value is -2.37. The number of hydrogen-bond acceptors (Lipinski definition) is 4. The summed E-state index contributed by atoms with van der Waals surface area (Å²) in [7, 11) is 1.61. The molecule has 25 heavy (non-hydrogen) atoms. The lowest BCUT2D eigenvalue weighted by atomic mass is 9.94. The van der Waals surface area contributed by atoms with Crippen molar-refractivity contribution in [3.8, 4) is 5.75 Å². The minimum absolute atomic E-state index is 0.446. The molecule has 0 bridgehead atoms. The van der Waals surface area contributed by atoms with E-state index in [4.69, 9.17) is 4.74 Å². The van der Waals surface area contributed by atoms with E-state index >= 15 is 0 Å². The van der Waals surface area contributed by atoms with E-state index in [1.165, 1.54) is 11.8 Å². The number of aliphatic hydroxyl groups excluding tert-OH is 1. The van der Waals surface area contributed by atoms with Gasteiger partial charge in [-0.3, -0.25) is 4.79 Å². The van der Waals surface area contributed by atoms with Crippen LogP contribution in [0.4, 0.5) is 0 Å². The fourth-order valence-corrected chi connectivity index (χ4v) is 3.17. The number of likely N-dealkylation sites (N-methyl/N-ethyl adjacent to an activating group) is 1. The molecule has 3 atom stereocenters. The Bertz CT molecular complexity index is 727. The van der Waals surface area contributed by atoms with Crippen LogP contribution in [0.1, 0.15) is 18.1 Å². The van der Waals surface area contributed by atoms with E-state index in [0.29, 0.717) is 13.0 Å². The summed E-state index contributed by atoms with van der Waals surface area (Å²) >= 11 is 0. The molecule has 0 spiro atoms. The molecule has 2 aromatic rings. The molecule has 0 radical (unpaired) electrons. The predicted molar refractivity (Wildman–Crippen MR) is 94.1 cm³/mol. The van der Waals surface area contributed by atoms with E-state index in [2.05, 4.69) is 0 Å². The second kappa shape index (κ2) is 6.86. The highest BCUT2D eigenvalue weighted by Crippen LogP contribution is 2.30. The number of benzene rings is 2. The first kappa shape index (κ1) is 17.5. The summed E-state index contributed by atoms with van der Waals surface area (Å²) in [5, 5.41) is 20.4. The predicted octanol–water partition coefficient (Wildman–Crippen LogP) is 1.76. The standard InChI is InChI=1S/C20H23NO4/c1-20(24)18(22)17(21(2)19(20)23)12-14-8-10-16(11-9-14)25-13-15-6-4-3-5-7-15/h3-11,17-18,22,24H,12-13H2,1-2H3/t17-,18-,20-/m0/s1. The summed E-state index contributed by atoms with van der Waals surface area (Å²) in [4.78, 5) is 13.4. The lowest BCUT2D eigenvalue weighted by molar-refractivity contribution is -0.144. The smallest absolute Gasteiger partial charge is 0.257 e. The number of carbonyl (C=O) groups excluding carboxylic acids is 1. The molecule has 0 aliphatic carbocycles. The molecule has 0 aromatic heterocycles. The second-order valence-electron chi connectivity index (χ2n) is 6.70.